The van der Waals surface area contributed by atoms with Crippen LogP contribution in [0.15, 0.2) is 23.1 Å². The zero-order valence-electron chi connectivity index (χ0n) is 9.60. The Bertz CT molecular complexity index is 520. The van der Waals surface area contributed by atoms with Crippen LogP contribution < -0.4 is 10.5 Å². The van der Waals surface area contributed by atoms with Gasteiger partial charge in [-0.15, -0.1) is 0 Å². The molecule has 102 valence electrons. The largest absolute Gasteiger partial charge is 0.392 e. The molecule has 0 saturated heterocycles. The smallest absolute Gasteiger partial charge is 0.240 e. The van der Waals surface area contributed by atoms with Crippen LogP contribution in [-0.4, -0.2) is 32.2 Å². The number of aliphatic hydroxyl groups excluding tert-OH is 1. The van der Waals surface area contributed by atoms with E-state index in [-0.39, 0.29) is 6.54 Å². The van der Waals surface area contributed by atoms with Gasteiger partial charge in [0.25, 0.3) is 0 Å². The summed E-state index contributed by atoms with van der Waals surface area (Å²) < 4.78 is 51.0. The van der Waals surface area contributed by atoms with Gasteiger partial charge in [-0.25, -0.2) is 21.9 Å². The van der Waals surface area contributed by atoms with Gasteiger partial charge in [-0.1, -0.05) is 0 Å². The van der Waals surface area contributed by atoms with Crippen LogP contribution in [0.1, 0.15) is 6.92 Å². The van der Waals surface area contributed by atoms with Gasteiger partial charge >= 0.3 is 0 Å². The lowest BCUT2D eigenvalue weighted by molar-refractivity contribution is 0.164. The van der Waals surface area contributed by atoms with E-state index in [0.717, 1.165) is 12.1 Å². The summed E-state index contributed by atoms with van der Waals surface area (Å²) in [5.41, 5.74) is 5.44. The third-order valence-corrected chi connectivity index (χ3v) is 3.75. The molecule has 5 nitrogen and oxygen atoms in total. The highest BCUT2D eigenvalue weighted by Crippen LogP contribution is 2.13. The van der Waals surface area contributed by atoms with E-state index in [0.29, 0.717) is 6.07 Å². The van der Waals surface area contributed by atoms with E-state index in [9.17, 15) is 17.2 Å². The molecule has 2 unspecified atom stereocenters. The Hall–Kier alpha value is -1.09. The van der Waals surface area contributed by atoms with Gasteiger partial charge in [0.2, 0.25) is 10.0 Å². The molecule has 0 fully saturated rings. The fraction of sp³-hybridized carbons (Fsp3) is 0.400. The van der Waals surface area contributed by atoms with Crippen LogP contribution >= 0.6 is 0 Å². The molecule has 0 bridgehead atoms. The summed E-state index contributed by atoms with van der Waals surface area (Å²) in [6.45, 7) is 1.20. The van der Waals surface area contributed by atoms with Crippen LogP contribution in [0.2, 0.25) is 0 Å². The van der Waals surface area contributed by atoms with Crippen molar-refractivity contribution in [3.63, 3.8) is 0 Å². The second-order valence-electron chi connectivity index (χ2n) is 3.83. The number of hydrogen-bond acceptors (Lipinski definition) is 4. The average molecular weight is 280 g/mol. The third kappa shape index (κ3) is 3.70. The predicted octanol–water partition coefficient (Wildman–Crippen LogP) is -0.0488. The summed E-state index contributed by atoms with van der Waals surface area (Å²) in [6.07, 6.45) is -0.891. The molecular formula is C10H14F2N2O3S. The van der Waals surface area contributed by atoms with Crippen molar-refractivity contribution in [3.05, 3.63) is 29.8 Å². The molecule has 0 amide bonds. The molecule has 1 aromatic rings. The van der Waals surface area contributed by atoms with Crippen molar-refractivity contribution in [2.75, 3.05) is 6.54 Å². The summed E-state index contributed by atoms with van der Waals surface area (Å²) in [4.78, 5) is -0.404. The molecule has 2 atom stereocenters. The van der Waals surface area contributed by atoms with E-state index in [1.54, 1.807) is 0 Å². The van der Waals surface area contributed by atoms with Crippen molar-refractivity contribution in [2.45, 2.75) is 24.0 Å². The minimum absolute atomic E-state index is 0.209. The average Bonchev–Trinajstić information content (AvgIpc) is 2.29. The van der Waals surface area contributed by atoms with Gasteiger partial charge < -0.3 is 10.8 Å². The predicted molar refractivity (Wildman–Crippen MR) is 61.2 cm³/mol. The van der Waals surface area contributed by atoms with Gasteiger partial charge in [-0.3, -0.25) is 0 Å². The lowest BCUT2D eigenvalue weighted by Crippen LogP contribution is -2.43. The Kier molecular flexibility index (Phi) is 4.74. The van der Waals surface area contributed by atoms with Crippen molar-refractivity contribution in [3.8, 4) is 0 Å². The molecule has 0 aliphatic heterocycles. The van der Waals surface area contributed by atoms with Crippen molar-refractivity contribution in [2.24, 2.45) is 5.73 Å². The number of hydrogen-bond donors (Lipinski definition) is 3. The van der Waals surface area contributed by atoms with E-state index in [1.165, 1.54) is 6.92 Å². The van der Waals surface area contributed by atoms with Crippen molar-refractivity contribution < 1.29 is 22.3 Å². The fourth-order valence-electron chi connectivity index (χ4n) is 1.10. The molecular weight excluding hydrogens is 266 g/mol. The Balaban J connectivity index is 2.83. The minimum Gasteiger partial charge on any atom is -0.392 e. The topological polar surface area (TPSA) is 92.4 Å². The van der Waals surface area contributed by atoms with Gasteiger partial charge in [0.1, 0.15) is 0 Å². The number of halogens is 2. The molecule has 18 heavy (non-hydrogen) atoms. The van der Waals surface area contributed by atoms with Gasteiger partial charge in [0.15, 0.2) is 11.6 Å². The first-order valence-electron chi connectivity index (χ1n) is 5.12. The third-order valence-electron chi connectivity index (χ3n) is 2.33. The van der Waals surface area contributed by atoms with Gasteiger partial charge in [0.05, 0.1) is 11.0 Å². The standard InChI is InChI=1S/C10H14F2N2O3S/c1-6(15)10(13)5-14-18(16,17)7-2-3-8(11)9(12)4-7/h2-4,6,10,14-15H,5,13H2,1H3. The highest BCUT2D eigenvalue weighted by molar-refractivity contribution is 7.89. The summed E-state index contributed by atoms with van der Waals surface area (Å²) in [5, 5.41) is 9.10. The van der Waals surface area contributed by atoms with Crippen LogP contribution in [0.5, 0.6) is 0 Å². The molecule has 0 aliphatic carbocycles. The van der Waals surface area contributed by atoms with Crippen LogP contribution in [0.4, 0.5) is 8.78 Å². The molecule has 4 N–H and O–H groups in total. The number of aliphatic hydroxyl groups is 1. The SMILES string of the molecule is CC(O)C(N)CNS(=O)(=O)c1ccc(F)c(F)c1. The Labute approximate surface area is 104 Å². The summed E-state index contributed by atoms with van der Waals surface area (Å²) in [5.74, 6) is -2.38. The molecule has 1 aromatic carbocycles. The van der Waals surface area contributed by atoms with E-state index in [4.69, 9.17) is 10.8 Å². The monoisotopic (exact) mass is 280 g/mol. The number of benzene rings is 1. The molecule has 0 saturated carbocycles. The lowest BCUT2D eigenvalue weighted by Gasteiger charge is -2.15. The van der Waals surface area contributed by atoms with E-state index < -0.39 is 38.7 Å². The molecule has 1 rings (SSSR count). The number of sulfonamides is 1. The van der Waals surface area contributed by atoms with Crippen LogP contribution in [0.25, 0.3) is 0 Å². The van der Waals surface area contributed by atoms with Crippen molar-refractivity contribution in [1.82, 2.24) is 4.72 Å². The maximum absolute atomic E-state index is 12.9. The maximum atomic E-state index is 12.9. The fourth-order valence-corrected chi connectivity index (χ4v) is 2.19. The van der Waals surface area contributed by atoms with Crippen LogP contribution in [-0.2, 0) is 10.0 Å². The second-order valence-corrected chi connectivity index (χ2v) is 5.60. The summed E-state index contributed by atoms with van der Waals surface area (Å²) in [7, 11) is -3.98. The first-order valence-corrected chi connectivity index (χ1v) is 6.60. The number of nitrogens with one attached hydrogen (secondary N) is 1. The zero-order valence-corrected chi connectivity index (χ0v) is 10.4. The maximum Gasteiger partial charge on any atom is 0.240 e. The Morgan fingerprint density at radius 1 is 1.39 bits per heavy atom. The van der Waals surface area contributed by atoms with Gasteiger partial charge in [0, 0.05) is 12.6 Å². The molecule has 8 heteroatoms. The zero-order chi connectivity index (χ0) is 13.9. The van der Waals surface area contributed by atoms with Crippen LogP contribution in [0, 0.1) is 11.6 Å². The lowest BCUT2D eigenvalue weighted by atomic mass is 10.2. The normalized spacial score (nSPS) is 15.4. The number of rotatable bonds is 5. The molecule has 0 spiro atoms. The molecule has 0 heterocycles. The van der Waals surface area contributed by atoms with Crippen LogP contribution in [0.3, 0.4) is 0 Å². The minimum atomic E-state index is -3.98. The summed E-state index contributed by atoms with van der Waals surface area (Å²) in [6, 6.07) is 1.45. The Morgan fingerprint density at radius 2 is 2.00 bits per heavy atom. The van der Waals surface area contributed by atoms with Gasteiger partial charge in [-0.05, 0) is 25.1 Å². The van der Waals surface area contributed by atoms with E-state index in [2.05, 4.69) is 4.72 Å². The van der Waals surface area contributed by atoms with Gasteiger partial charge in [-0.2, -0.15) is 0 Å². The first kappa shape index (κ1) is 15.0. The quantitative estimate of drug-likeness (QED) is 0.705. The van der Waals surface area contributed by atoms with Crippen molar-refractivity contribution in [1.29, 1.82) is 0 Å². The molecule has 0 radical (unpaired) electrons. The number of nitrogens with two attached hydrogens (primary N) is 1. The summed E-state index contributed by atoms with van der Waals surface area (Å²) >= 11 is 0. The van der Waals surface area contributed by atoms with E-state index in [1.807, 2.05) is 0 Å². The Morgan fingerprint density at radius 3 is 2.50 bits per heavy atom. The highest BCUT2D eigenvalue weighted by Gasteiger charge is 2.18. The molecule has 0 aromatic heterocycles. The second kappa shape index (κ2) is 5.70. The van der Waals surface area contributed by atoms with E-state index >= 15 is 0 Å². The van der Waals surface area contributed by atoms with Crippen molar-refractivity contribution >= 4 is 10.0 Å². The highest BCUT2D eigenvalue weighted by atomic mass is 32.2. The molecule has 0 aliphatic rings. The first-order chi connectivity index (χ1) is 8.24.